The van der Waals surface area contributed by atoms with Gasteiger partial charge in [-0.15, -0.1) is 0 Å². The lowest BCUT2D eigenvalue weighted by Crippen LogP contribution is -2.65. The molecule has 2 aliphatic heterocycles. The summed E-state index contributed by atoms with van der Waals surface area (Å²) in [6, 6.07) is 0. The maximum absolute atomic E-state index is 12.7. The van der Waals surface area contributed by atoms with Crippen molar-refractivity contribution in [3.05, 3.63) is 0 Å². The fourth-order valence-corrected chi connectivity index (χ4v) is 17.8. The zero-order valence-corrected chi connectivity index (χ0v) is 20.3. The van der Waals surface area contributed by atoms with Gasteiger partial charge in [0.05, 0.1) is 6.61 Å². The monoisotopic (exact) mass is 406 g/mol. The van der Waals surface area contributed by atoms with Crippen LogP contribution < -0.4 is 0 Å². The SMILES string of the molecule is CC(C)[Si]1(C(C)C)OC[C@@H]2[C@@H](O[Si](C(C)C)(C(C)C)O1)[C@@H](C)C[S@@+]2[O-]. The van der Waals surface area contributed by atoms with Crippen molar-refractivity contribution in [1.82, 2.24) is 0 Å². The van der Waals surface area contributed by atoms with Gasteiger partial charge in [-0.05, 0) is 33.3 Å². The van der Waals surface area contributed by atoms with E-state index in [-0.39, 0.29) is 11.4 Å². The Morgan fingerprint density at radius 2 is 1.36 bits per heavy atom. The first-order valence-electron chi connectivity index (χ1n) is 9.87. The molecule has 0 unspecified atom stereocenters. The van der Waals surface area contributed by atoms with Crippen LogP contribution in [0.1, 0.15) is 62.3 Å². The average Bonchev–Trinajstić information content (AvgIpc) is 2.70. The number of rotatable bonds is 4. The molecule has 4 nitrogen and oxygen atoms in total. The topological polar surface area (TPSA) is 50.8 Å². The average molecular weight is 407 g/mol. The van der Waals surface area contributed by atoms with E-state index in [1.54, 1.807) is 0 Å². The molecule has 2 saturated heterocycles. The number of fused-ring (bicyclic) bond motifs is 1. The molecule has 0 bridgehead atoms. The van der Waals surface area contributed by atoms with E-state index >= 15 is 0 Å². The normalized spacial score (nSPS) is 35.3. The van der Waals surface area contributed by atoms with E-state index in [1.165, 1.54) is 0 Å². The van der Waals surface area contributed by atoms with Crippen molar-refractivity contribution in [1.29, 1.82) is 0 Å². The standard InChI is InChI=1S/C18H38O4SSi2/c1-12(2)24(13(3)4)20-10-17-18(16(9)11-23(17)19)21-25(22-24,14(5)6)15(7)8/h12-18H,10-11H2,1-9H3/t16-,17+,18-,23+/m0/s1. The van der Waals surface area contributed by atoms with Gasteiger partial charge in [-0.1, -0.05) is 62.3 Å². The molecule has 0 aromatic heterocycles. The summed E-state index contributed by atoms with van der Waals surface area (Å²) in [6.07, 6.45) is 0.00336. The van der Waals surface area contributed by atoms with Crippen molar-refractivity contribution < 1.29 is 17.5 Å². The molecule has 0 radical (unpaired) electrons. The van der Waals surface area contributed by atoms with Gasteiger partial charge in [-0.2, -0.15) is 0 Å². The van der Waals surface area contributed by atoms with Crippen molar-refractivity contribution in [2.75, 3.05) is 12.4 Å². The molecule has 2 heterocycles. The van der Waals surface area contributed by atoms with Gasteiger partial charge in [0, 0.05) is 5.92 Å². The van der Waals surface area contributed by atoms with Crippen LogP contribution in [-0.2, 0) is 24.1 Å². The predicted molar refractivity (Wildman–Crippen MR) is 110 cm³/mol. The summed E-state index contributed by atoms with van der Waals surface area (Å²) < 4.78 is 33.5. The summed E-state index contributed by atoms with van der Waals surface area (Å²) in [5, 5.41) is -0.00681. The fraction of sp³-hybridized carbons (Fsp3) is 1.00. The Kier molecular flexibility index (Phi) is 6.95. The Morgan fingerprint density at radius 3 is 1.80 bits per heavy atom. The molecule has 2 aliphatic rings. The third kappa shape index (κ3) is 3.80. The van der Waals surface area contributed by atoms with Crippen molar-refractivity contribution in [3.63, 3.8) is 0 Å². The number of hydrogen-bond donors (Lipinski definition) is 0. The van der Waals surface area contributed by atoms with E-state index in [2.05, 4.69) is 62.3 Å². The molecule has 0 N–H and O–H groups in total. The minimum absolute atomic E-state index is 0.00336. The molecule has 0 saturated carbocycles. The first kappa shape index (κ1) is 21.9. The third-order valence-electron chi connectivity index (χ3n) is 6.02. The van der Waals surface area contributed by atoms with E-state index in [0.717, 1.165) is 5.75 Å². The van der Waals surface area contributed by atoms with Crippen LogP contribution in [0.2, 0.25) is 22.2 Å². The summed E-state index contributed by atoms with van der Waals surface area (Å²) in [5.41, 5.74) is 1.34. The Hall–Kier alpha value is 0.624. The molecule has 0 spiro atoms. The molecular weight excluding hydrogens is 368 g/mol. The highest BCUT2D eigenvalue weighted by Crippen LogP contribution is 2.48. The largest absolute Gasteiger partial charge is 0.616 e. The van der Waals surface area contributed by atoms with Gasteiger partial charge >= 0.3 is 17.1 Å². The molecule has 148 valence electrons. The van der Waals surface area contributed by atoms with Crippen LogP contribution in [0.5, 0.6) is 0 Å². The molecule has 0 aromatic rings. The summed E-state index contributed by atoms with van der Waals surface area (Å²) >= 11 is -0.869. The Balaban J connectivity index is 2.55. The summed E-state index contributed by atoms with van der Waals surface area (Å²) in [6.45, 7) is 20.5. The molecule has 4 atom stereocenters. The highest BCUT2D eigenvalue weighted by molar-refractivity contribution is 7.92. The summed E-state index contributed by atoms with van der Waals surface area (Å²) in [7, 11) is -5.03. The Labute approximate surface area is 160 Å². The molecule has 7 heteroatoms. The van der Waals surface area contributed by atoms with E-state index < -0.39 is 28.3 Å². The van der Waals surface area contributed by atoms with Crippen LogP contribution in [0.4, 0.5) is 0 Å². The highest BCUT2D eigenvalue weighted by atomic mass is 32.2. The van der Waals surface area contributed by atoms with E-state index in [9.17, 15) is 4.55 Å². The fourth-order valence-electron chi connectivity index (χ4n) is 4.49. The minimum atomic E-state index is -2.54. The molecule has 2 rings (SSSR count). The lowest BCUT2D eigenvalue weighted by Gasteiger charge is -2.51. The summed E-state index contributed by atoms with van der Waals surface area (Å²) in [4.78, 5) is 0. The second-order valence-corrected chi connectivity index (χ2v) is 19.7. The van der Waals surface area contributed by atoms with Gasteiger partial charge in [-0.25, -0.2) is 0 Å². The molecule has 2 fully saturated rings. The maximum atomic E-state index is 12.7. The first-order valence-corrected chi connectivity index (χ1v) is 15.2. The quantitative estimate of drug-likeness (QED) is 0.501. The van der Waals surface area contributed by atoms with Crippen molar-refractivity contribution in [2.24, 2.45) is 5.92 Å². The van der Waals surface area contributed by atoms with Crippen molar-refractivity contribution >= 4 is 28.3 Å². The first-order chi connectivity index (χ1) is 11.5. The van der Waals surface area contributed by atoms with Crippen LogP contribution in [0.15, 0.2) is 0 Å². The van der Waals surface area contributed by atoms with Gasteiger partial charge in [0.2, 0.25) is 0 Å². The minimum Gasteiger partial charge on any atom is -0.616 e. The van der Waals surface area contributed by atoms with Gasteiger partial charge in [0.15, 0.2) is 5.25 Å². The molecule has 0 aromatic carbocycles. The Bertz CT molecular complexity index is 442. The molecular formula is C18H38O4SSi2. The second kappa shape index (κ2) is 7.93. The molecule has 0 aliphatic carbocycles. The van der Waals surface area contributed by atoms with Crippen LogP contribution in [0.3, 0.4) is 0 Å². The maximum Gasteiger partial charge on any atom is 0.335 e. The van der Waals surface area contributed by atoms with Gasteiger partial charge in [-0.3, -0.25) is 0 Å². The van der Waals surface area contributed by atoms with E-state index in [0.29, 0.717) is 34.7 Å². The highest BCUT2D eigenvalue weighted by Gasteiger charge is 2.61. The van der Waals surface area contributed by atoms with Crippen molar-refractivity contribution in [2.45, 2.75) is 95.8 Å². The zero-order chi connectivity index (χ0) is 19.2. The lowest BCUT2D eigenvalue weighted by atomic mass is 10.1. The second-order valence-electron chi connectivity index (χ2n) is 9.12. The number of hydrogen-bond acceptors (Lipinski definition) is 4. The zero-order valence-electron chi connectivity index (χ0n) is 17.5. The predicted octanol–water partition coefficient (Wildman–Crippen LogP) is 4.71. The van der Waals surface area contributed by atoms with Gasteiger partial charge in [0.1, 0.15) is 11.9 Å². The van der Waals surface area contributed by atoms with Crippen LogP contribution in [0, 0.1) is 5.92 Å². The van der Waals surface area contributed by atoms with E-state index in [1.807, 2.05) is 0 Å². The van der Waals surface area contributed by atoms with Crippen LogP contribution in [0.25, 0.3) is 0 Å². The van der Waals surface area contributed by atoms with E-state index in [4.69, 9.17) is 13.0 Å². The third-order valence-corrected chi connectivity index (χ3v) is 18.2. The summed E-state index contributed by atoms with van der Waals surface area (Å²) in [5.74, 6) is 1.02. The smallest absolute Gasteiger partial charge is 0.335 e. The molecule has 25 heavy (non-hydrogen) atoms. The molecule has 0 amide bonds. The Morgan fingerprint density at radius 1 is 0.880 bits per heavy atom. The van der Waals surface area contributed by atoms with Gasteiger partial charge in [0.25, 0.3) is 0 Å². The lowest BCUT2D eigenvalue weighted by molar-refractivity contribution is 0.0538. The van der Waals surface area contributed by atoms with Gasteiger partial charge < -0.3 is 17.5 Å². The van der Waals surface area contributed by atoms with Crippen LogP contribution >= 0.6 is 0 Å². The van der Waals surface area contributed by atoms with Crippen LogP contribution in [-0.4, -0.2) is 45.4 Å². The van der Waals surface area contributed by atoms with Crippen molar-refractivity contribution in [3.8, 4) is 0 Å².